The average molecular weight is 407 g/mol. The number of anilines is 1. The van der Waals surface area contributed by atoms with Crippen LogP contribution in [0.3, 0.4) is 0 Å². The molecule has 1 aromatic carbocycles. The summed E-state index contributed by atoms with van der Waals surface area (Å²) in [5.41, 5.74) is 0.0345. The maximum absolute atomic E-state index is 11.9. The van der Waals surface area contributed by atoms with Crippen LogP contribution in [0.25, 0.3) is 0 Å². The number of carbonyl (C=O) groups is 1. The van der Waals surface area contributed by atoms with Gasteiger partial charge in [0.2, 0.25) is 0 Å². The number of hydrogen-bond acceptors (Lipinski definition) is 5. The summed E-state index contributed by atoms with van der Waals surface area (Å²) in [5, 5.41) is 13.7. The van der Waals surface area contributed by atoms with Crippen LogP contribution in [0.5, 0.6) is 0 Å². The van der Waals surface area contributed by atoms with Crippen molar-refractivity contribution in [1.82, 2.24) is 4.98 Å². The highest BCUT2D eigenvalue weighted by molar-refractivity contribution is 9.11. The Morgan fingerprint density at radius 3 is 2.68 bits per heavy atom. The topological polar surface area (TPSA) is 85.1 Å². The van der Waals surface area contributed by atoms with Gasteiger partial charge in [0.1, 0.15) is 0 Å². The smallest absolute Gasteiger partial charge is 0.271 e. The first-order chi connectivity index (χ1) is 8.95. The molecule has 1 N–H and O–H groups in total. The van der Waals surface area contributed by atoms with Crippen molar-refractivity contribution >= 4 is 59.9 Å². The van der Waals surface area contributed by atoms with E-state index in [2.05, 4.69) is 42.2 Å². The average Bonchev–Trinajstić information content (AvgIpc) is 2.73. The normalized spacial score (nSPS) is 10.2. The predicted molar refractivity (Wildman–Crippen MR) is 78.6 cm³/mol. The fraction of sp³-hybridized carbons (Fsp3) is 0. The summed E-state index contributed by atoms with van der Waals surface area (Å²) in [6.07, 6.45) is 1.56. The Hall–Kier alpha value is -1.32. The van der Waals surface area contributed by atoms with Gasteiger partial charge in [0, 0.05) is 22.2 Å². The molecule has 0 radical (unpaired) electrons. The summed E-state index contributed by atoms with van der Waals surface area (Å²) < 4.78 is 1.25. The molecule has 0 aliphatic heterocycles. The van der Waals surface area contributed by atoms with Crippen molar-refractivity contribution in [3.63, 3.8) is 0 Å². The number of benzene rings is 1. The van der Waals surface area contributed by atoms with Crippen LogP contribution >= 0.6 is 43.2 Å². The van der Waals surface area contributed by atoms with Gasteiger partial charge in [-0.15, -0.1) is 0 Å². The lowest BCUT2D eigenvalue weighted by atomic mass is 10.2. The van der Waals surface area contributed by atoms with Crippen molar-refractivity contribution in [3.05, 3.63) is 48.3 Å². The minimum Gasteiger partial charge on any atom is -0.298 e. The third-order valence-corrected chi connectivity index (χ3v) is 3.90. The quantitative estimate of drug-likeness (QED) is 0.619. The molecule has 0 fully saturated rings. The lowest BCUT2D eigenvalue weighted by molar-refractivity contribution is -0.384. The molecule has 0 bridgehead atoms. The standard InChI is InChI=1S/C10H5Br2N3O3S/c11-6-1-5(2-7(3-6)15(17)18)9(16)14-10-13-4-8(12)19-10/h1-4H,(H,13,14,16). The number of nitro benzene ring substituents is 1. The molecule has 98 valence electrons. The zero-order valence-corrected chi connectivity index (χ0v) is 13.1. The number of amides is 1. The minimum absolute atomic E-state index is 0.153. The van der Waals surface area contributed by atoms with Crippen LogP contribution < -0.4 is 5.32 Å². The van der Waals surface area contributed by atoms with Gasteiger partial charge in [-0.05, 0) is 22.0 Å². The van der Waals surface area contributed by atoms with Gasteiger partial charge in [-0.25, -0.2) is 4.98 Å². The number of nitrogens with zero attached hydrogens (tertiary/aromatic N) is 2. The Balaban J connectivity index is 2.26. The van der Waals surface area contributed by atoms with Crippen LogP contribution in [0.1, 0.15) is 10.4 Å². The summed E-state index contributed by atoms with van der Waals surface area (Å²) in [5.74, 6) is -0.453. The lowest BCUT2D eigenvalue weighted by Gasteiger charge is -2.02. The van der Waals surface area contributed by atoms with Crippen LogP contribution in [0.2, 0.25) is 0 Å². The second kappa shape index (κ2) is 5.76. The van der Waals surface area contributed by atoms with Crippen molar-refractivity contribution in [2.45, 2.75) is 0 Å². The number of non-ortho nitro benzene ring substituents is 1. The Kier molecular flexibility index (Phi) is 4.27. The highest BCUT2D eigenvalue weighted by Crippen LogP contribution is 2.25. The molecule has 2 rings (SSSR count). The summed E-state index contributed by atoms with van der Waals surface area (Å²) in [4.78, 5) is 26.1. The van der Waals surface area contributed by atoms with E-state index in [0.29, 0.717) is 9.60 Å². The largest absolute Gasteiger partial charge is 0.298 e. The summed E-state index contributed by atoms with van der Waals surface area (Å²) in [6.45, 7) is 0. The molecule has 19 heavy (non-hydrogen) atoms. The third kappa shape index (κ3) is 3.58. The molecule has 0 unspecified atom stereocenters. The fourth-order valence-corrected chi connectivity index (χ4v) is 2.87. The van der Waals surface area contributed by atoms with Crippen molar-refractivity contribution < 1.29 is 9.72 Å². The monoisotopic (exact) mass is 405 g/mol. The zero-order valence-electron chi connectivity index (χ0n) is 9.09. The molecule has 9 heteroatoms. The van der Waals surface area contributed by atoms with E-state index in [-0.39, 0.29) is 11.3 Å². The maximum atomic E-state index is 11.9. The highest BCUT2D eigenvalue weighted by Gasteiger charge is 2.15. The van der Waals surface area contributed by atoms with Gasteiger partial charge in [-0.3, -0.25) is 20.2 Å². The molecule has 2 aromatic rings. The molecule has 0 aliphatic carbocycles. The molecular formula is C10H5Br2N3O3S. The number of aromatic nitrogens is 1. The van der Waals surface area contributed by atoms with Gasteiger partial charge >= 0.3 is 0 Å². The molecule has 6 nitrogen and oxygen atoms in total. The third-order valence-electron chi connectivity index (χ3n) is 2.05. The second-order valence-corrected chi connectivity index (χ2v) is 6.70. The van der Waals surface area contributed by atoms with Gasteiger partial charge in [0.15, 0.2) is 5.13 Å². The molecule has 1 aromatic heterocycles. The van der Waals surface area contributed by atoms with E-state index >= 15 is 0 Å². The molecule has 0 saturated heterocycles. The lowest BCUT2D eigenvalue weighted by Crippen LogP contribution is -2.12. The van der Waals surface area contributed by atoms with Crippen LogP contribution in [0.4, 0.5) is 10.8 Å². The first-order valence-electron chi connectivity index (χ1n) is 4.83. The first-order valence-corrected chi connectivity index (χ1v) is 7.23. The van der Waals surface area contributed by atoms with E-state index in [4.69, 9.17) is 0 Å². The molecule has 1 heterocycles. The Labute approximate surface area is 128 Å². The van der Waals surface area contributed by atoms with Crippen LogP contribution in [-0.4, -0.2) is 15.8 Å². The number of carbonyl (C=O) groups excluding carboxylic acids is 1. The van der Waals surface area contributed by atoms with Gasteiger partial charge < -0.3 is 0 Å². The fourth-order valence-electron chi connectivity index (χ4n) is 1.29. The number of hydrogen-bond donors (Lipinski definition) is 1. The van der Waals surface area contributed by atoms with Crippen LogP contribution in [-0.2, 0) is 0 Å². The van der Waals surface area contributed by atoms with Crippen molar-refractivity contribution in [1.29, 1.82) is 0 Å². The van der Waals surface area contributed by atoms with Gasteiger partial charge in [0.25, 0.3) is 11.6 Å². The Morgan fingerprint density at radius 2 is 2.11 bits per heavy atom. The van der Waals surface area contributed by atoms with E-state index in [1.54, 1.807) is 6.20 Å². The number of rotatable bonds is 3. The van der Waals surface area contributed by atoms with Gasteiger partial charge in [0.05, 0.1) is 14.9 Å². The van der Waals surface area contributed by atoms with E-state index < -0.39 is 10.8 Å². The van der Waals surface area contributed by atoms with Gasteiger partial charge in [-0.1, -0.05) is 27.3 Å². The number of thiazole rings is 1. The number of nitrogens with one attached hydrogen (secondary N) is 1. The molecule has 1 amide bonds. The van der Waals surface area contributed by atoms with E-state index in [0.717, 1.165) is 3.79 Å². The predicted octanol–water partition coefficient (Wildman–Crippen LogP) is 3.83. The Bertz CT molecular complexity index is 659. The molecule has 0 aliphatic rings. The van der Waals surface area contributed by atoms with Crippen molar-refractivity contribution in [2.75, 3.05) is 5.32 Å². The highest BCUT2D eigenvalue weighted by atomic mass is 79.9. The second-order valence-electron chi connectivity index (χ2n) is 3.38. The zero-order chi connectivity index (χ0) is 14.0. The maximum Gasteiger partial charge on any atom is 0.271 e. The molecule has 0 atom stereocenters. The summed E-state index contributed by atoms with van der Waals surface area (Å²) in [7, 11) is 0. The van der Waals surface area contributed by atoms with Crippen molar-refractivity contribution in [3.8, 4) is 0 Å². The molecule has 0 spiro atoms. The van der Waals surface area contributed by atoms with Crippen LogP contribution in [0, 0.1) is 10.1 Å². The summed E-state index contributed by atoms with van der Waals surface area (Å²) >= 11 is 7.62. The Morgan fingerprint density at radius 1 is 1.37 bits per heavy atom. The van der Waals surface area contributed by atoms with Crippen LogP contribution in [0.15, 0.2) is 32.7 Å². The number of nitro groups is 1. The van der Waals surface area contributed by atoms with E-state index in [9.17, 15) is 14.9 Å². The van der Waals surface area contributed by atoms with E-state index in [1.165, 1.54) is 29.5 Å². The minimum atomic E-state index is -0.554. The summed E-state index contributed by atoms with van der Waals surface area (Å²) in [6, 6.07) is 4.05. The van der Waals surface area contributed by atoms with Crippen molar-refractivity contribution in [2.24, 2.45) is 0 Å². The molecule has 0 saturated carbocycles. The SMILES string of the molecule is O=C(Nc1ncc(Br)s1)c1cc(Br)cc([N+](=O)[O-])c1. The molecular weight excluding hydrogens is 402 g/mol. The van der Waals surface area contributed by atoms with Gasteiger partial charge in [-0.2, -0.15) is 0 Å². The number of halogens is 2. The first kappa shape index (κ1) is 14.1. The van der Waals surface area contributed by atoms with E-state index in [1.807, 2.05) is 0 Å².